The quantitative estimate of drug-likeness (QED) is 0.634. The molecule has 0 bridgehead atoms. The molecule has 0 aromatic carbocycles. The van der Waals surface area contributed by atoms with Crippen LogP contribution < -0.4 is 5.56 Å². The summed E-state index contributed by atoms with van der Waals surface area (Å²) in [5, 5.41) is 3.84. The van der Waals surface area contributed by atoms with Crippen LogP contribution in [0.5, 0.6) is 0 Å². The molecule has 4 heteroatoms. The van der Waals surface area contributed by atoms with E-state index in [4.69, 9.17) is 0 Å². The van der Waals surface area contributed by atoms with Crippen LogP contribution in [0.3, 0.4) is 0 Å². The number of hydrogen-bond acceptors (Lipinski definition) is 3. The van der Waals surface area contributed by atoms with Gasteiger partial charge in [-0.2, -0.15) is 9.19 Å². The van der Waals surface area contributed by atoms with Crippen molar-refractivity contribution in [2.24, 2.45) is 0 Å². The van der Waals surface area contributed by atoms with Crippen molar-refractivity contribution in [2.75, 3.05) is 5.75 Å². The maximum absolute atomic E-state index is 10.9. The number of nitrogens with zero attached hydrogens (tertiary/aromatic N) is 2. The molecule has 0 radical (unpaired) electrons. The van der Waals surface area contributed by atoms with Crippen LogP contribution in [0.1, 0.15) is 6.92 Å². The SMILES string of the molecule is CCSn1ncccc1=O. The molecule has 0 amide bonds. The second-order valence-electron chi connectivity index (χ2n) is 1.65. The van der Waals surface area contributed by atoms with Gasteiger partial charge in [-0.1, -0.05) is 6.92 Å². The largest absolute Gasteiger partial charge is 0.277 e. The summed E-state index contributed by atoms with van der Waals surface area (Å²) in [7, 11) is 0. The fourth-order valence-electron chi connectivity index (χ4n) is 0.564. The van der Waals surface area contributed by atoms with Crippen LogP contribution in [0, 0.1) is 0 Å². The van der Waals surface area contributed by atoms with Crippen LogP contribution in [0.25, 0.3) is 0 Å². The van der Waals surface area contributed by atoms with Gasteiger partial charge in [0, 0.05) is 18.0 Å². The van der Waals surface area contributed by atoms with E-state index in [1.807, 2.05) is 6.92 Å². The lowest BCUT2D eigenvalue weighted by Crippen LogP contribution is -2.15. The highest BCUT2D eigenvalue weighted by Gasteiger charge is 1.90. The maximum atomic E-state index is 10.9. The van der Waals surface area contributed by atoms with Crippen molar-refractivity contribution in [1.29, 1.82) is 0 Å². The van der Waals surface area contributed by atoms with E-state index >= 15 is 0 Å². The standard InChI is InChI=1S/C6H8N2OS/c1-2-10-8-6(9)4-3-5-7-8/h3-5H,2H2,1H3. The minimum absolute atomic E-state index is 0.0608. The molecule has 0 aliphatic heterocycles. The first kappa shape index (κ1) is 7.34. The lowest BCUT2D eigenvalue weighted by molar-refractivity contribution is 0.916. The average Bonchev–Trinajstić information content (AvgIpc) is 1.94. The Morgan fingerprint density at radius 1 is 1.80 bits per heavy atom. The molecule has 1 aromatic rings. The molecule has 0 unspecified atom stereocenters. The van der Waals surface area contributed by atoms with Gasteiger partial charge in [0.15, 0.2) is 0 Å². The van der Waals surface area contributed by atoms with Crippen molar-refractivity contribution >= 4 is 11.9 Å². The second kappa shape index (κ2) is 3.41. The van der Waals surface area contributed by atoms with E-state index in [1.54, 1.807) is 12.3 Å². The normalized spacial score (nSPS) is 9.70. The van der Waals surface area contributed by atoms with Gasteiger partial charge in [0.1, 0.15) is 0 Å². The van der Waals surface area contributed by atoms with Crippen LogP contribution in [0.4, 0.5) is 0 Å². The third-order valence-electron chi connectivity index (χ3n) is 0.936. The van der Waals surface area contributed by atoms with Gasteiger partial charge in [-0.3, -0.25) is 4.79 Å². The van der Waals surface area contributed by atoms with Crippen LogP contribution in [-0.4, -0.2) is 14.9 Å². The van der Waals surface area contributed by atoms with Crippen molar-refractivity contribution in [1.82, 2.24) is 9.19 Å². The highest BCUT2D eigenvalue weighted by atomic mass is 32.2. The Bertz CT molecular complexity index is 258. The number of hydrogen-bond donors (Lipinski definition) is 0. The average molecular weight is 156 g/mol. The van der Waals surface area contributed by atoms with Crippen LogP contribution in [0.15, 0.2) is 23.1 Å². The highest BCUT2D eigenvalue weighted by Crippen LogP contribution is 1.95. The predicted octanol–water partition coefficient (Wildman–Crippen LogP) is 0.759. The molecular weight excluding hydrogens is 148 g/mol. The summed E-state index contributed by atoms with van der Waals surface area (Å²) in [6.07, 6.45) is 1.60. The summed E-state index contributed by atoms with van der Waals surface area (Å²) in [6.45, 7) is 1.98. The molecule has 1 aromatic heterocycles. The summed E-state index contributed by atoms with van der Waals surface area (Å²) < 4.78 is 1.38. The van der Waals surface area contributed by atoms with Crippen molar-refractivity contribution in [2.45, 2.75) is 6.92 Å². The number of rotatable bonds is 2. The Morgan fingerprint density at radius 2 is 2.60 bits per heavy atom. The fourth-order valence-corrected chi connectivity index (χ4v) is 1.12. The van der Waals surface area contributed by atoms with Crippen LogP contribution in [0.2, 0.25) is 0 Å². The molecule has 0 N–H and O–H groups in total. The Balaban J connectivity index is 2.92. The molecule has 10 heavy (non-hydrogen) atoms. The smallest absolute Gasteiger partial charge is 0.267 e. The Morgan fingerprint density at radius 3 is 3.20 bits per heavy atom. The maximum Gasteiger partial charge on any atom is 0.277 e. The van der Waals surface area contributed by atoms with Gasteiger partial charge in [-0.25, -0.2) is 0 Å². The van der Waals surface area contributed by atoms with Crippen molar-refractivity contribution in [3.8, 4) is 0 Å². The first-order valence-electron chi connectivity index (χ1n) is 3.02. The molecule has 1 heterocycles. The molecule has 3 nitrogen and oxygen atoms in total. The van der Waals surface area contributed by atoms with E-state index in [9.17, 15) is 4.79 Å². The summed E-state index contributed by atoms with van der Waals surface area (Å²) in [5.41, 5.74) is -0.0608. The van der Waals surface area contributed by atoms with E-state index in [0.717, 1.165) is 5.75 Å². The fraction of sp³-hybridized carbons (Fsp3) is 0.333. The zero-order chi connectivity index (χ0) is 7.40. The van der Waals surface area contributed by atoms with Crippen LogP contribution in [-0.2, 0) is 0 Å². The third-order valence-corrected chi connectivity index (χ3v) is 1.71. The van der Waals surface area contributed by atoms with Gasteiger partial charge in [-0.05, 0) is 18.0 Å². The van der Waals surface area contributed by atoms with E-state index < -0.39 is 0 Å². The van der Waals surface area contributed by atoms with Crippen molar-refractivity contribution < 1.29 is 0 Å². The van der Waals surface area contributed by atoms with Crippen LogP contribution >= 0.6 is 11.9 Å². The Hall–Kier alpha value is -0.770. The topological polar surface area (TPSA) is 34.9 Å². The van der Waals surface area contributed by atoms with Gasteiger partial charge in [0.05, 0.1) is 0 Å². The third kappa shape index (κ3) is 1.60. The molecule has 0 fully saturated rings. The van der Waals surface area contributed by atoms with Crippen molar-refractivity contribution in [3.63, 3.8) is 0 Å². The highest BCUT2D eigenvalue weighted by molar-refractivity contribution is 7.97. The Kier molecular flexibility index (Phi) is 2.50. The lowest BCUT2D eigenvalue weighted by Gasteiger charge is -1.96. The Labute approximate surface area is 63.2 Å². The van der Waals surface area contributed by atoms with E-state index in [2.05, 4.69) is 5.10 Å². The molecular formula is C6H8N2OS. The van der Waals surface area contributed by atoms with Gasteiger partial charge in [0.25, 0.3) is 5.56 Å². The molecule has 0 spiro atoms. The molecule has 0 atom stereocenters. The summed E-state index contributed by atoms with van der Waals surface area (Å²) in [4.78, 5) is 10.9. The lowest BCUT2D eigenvalue weighted by atomic mass is 10.6. The molecule has 1 rings (SSSR count). The number of aromatic nitrogens is 2. The van der Waals surface area contributed by atoms with E-state index in [0.29, 0.717) is 0 Å². The summed E-state index contributed by atoms with van der Waals surface area (Å²) in [5.74, 6) is 0.858. The monoisotopic (exact) mass is 156 g/mol. The molecule has 0 saturated carbocycles. The van der Waals surface area contributed by atoms with Crippen molar-refractivity contribution in [3.05, 3.63) is 28.7 Å². The van der Waals surface area contributed by atoms with Gasteiger partial charge in [-0.15, -0.1) is 0 Å². The molecule has 0 aliphatic rings. The summed E-state index contributed by atoms with van der Waals surface area (Å²) >= 11 is 1.39. The first-order valence-corrected chi connectivity index (χ1v) is 3.96. The predicted molar refractivity (Wildman–Crippen MR) is 42.0 cm³/mol. The van der Waals surface area contributed by atoms with Gasteiger partial charge in [0.2, 0.25) is 0 Å². The first-order chi connectivity index (χ1) is 4.84. The minimum Gasteiger partial charge on any atom is -0.267 e. The molecule has 54 valence electrons. The summed E-state index contributed by atoms with van der Waals surface area (Å²) in [6, 6.07) is 3.13. The minimum atomic E-state index is -0.0608. The zero-order valence-corrected chi connectivity index (χ0v) is 6.47. The van der Waals surface area contributed by atoms with Gasteiger partial charge < -0.3 is 0 Å². The molecule has 0 aliphatic carbocycles. The van der Waals surface area contributed by atoms with E-state index in [-0.39, 0.29) is 5.56 Å². The second-order valence-corrected chi connectivity index (χ2v) is 2.83. The van der Waals surface area contributed by atoms with E-state index in [1.165, 1.54) is 22.1 Å². The van der Waals surface area contributed by atoms with Gasteiger partial charge >= 0.3 is 0 Å². The zero-order valence-electron chi connectivity index (χ0n) is 5.65. The molecule has 0 saturated heterocycles.